The molecule has 34 heavy (non-hydrogen) atoms. The molecule has 0 amide bonds. The van der Waals surface area contributed by atoms with E-state index in [-0.39, 0.29) is 12.3 Å². The lowest BCUT2D eigenvalue weighted by Gasteiger charge is -2.17. The monoisotopic (exact) mass is 495 g/mol. The predicted octanol–water partition coefficient (Wildman–Crippen LogP) is 5.32. The molecule has 178 valence electrons. The molecule has 4 aromatic heterocycles. The number of hydrogen-bond donors (Lipinski definition) is 1. The van der Waals surface area contributed by atoms with E-state index in [0.717, 1.165) is 34.2 Å². The molecule has 0 saturated carbocycles. The number of fused-ring (bicyclic) bond motifs is 2. The number of carboxylic acid groups (broad SMARTS) is 1. The highest BCUT2D eigenvalue weighted by Crippen LogP contribution is 2.38. The third-order valence-electron chi connectivity index (χ3n) is 6.11. The molecule has 5 heterocycles. The largest absolute Gasteiger partial charge is 0.478 e. The summed E-state index contributed by atoms with van der Waals surface area (Å²) in [7, 11) is -1.20. The van der Waals surface area contributed by atoms with Crippen molar-refractivity contribution in [2.75, 3.05) is 24.6 Å². The van der Waals surface area contributed by atoms with E-state index < -0.39 is 14.0 Å². The summed E-state index contributed by atoms with van der Waals surface area (Å²) >= 11 is 1.63. The van der Waals surface area contributed by atoms with Gasteiger partial charge in [-0.15, -0.1) is 11.3 Å². The average Bonchev–Trinajstić information content (AvgIpc) is 3.54. The van der Waals surface area contributed by atoms with Gasteiger partial charge in [0.25, 0.3) is 0 Å². The van der Waals surface area contributed by atoms with Crippen LogP contribution in [0.4, 0.5) is 5.69 Å². The van der Waals surface area contributed by atoms with E-state index in [2.05, 4.69) is 40.6 Å². The van der Waals surface area contributed by atoms with Crippen LogP contribution in [-0.4, -0.2) is 58.4 Å². The number of aromatic carboxylic acids is 1. The Labute approximate surface area is 203 Å². The van der Waals surface area contributed by atoms with E-state index in [1.54, 1.807) is 28.3 Å². The summed E-state index contributed by atoms with van der Waals surface area (Å²) in [6, 6.07) is 5.15. The first-order valence-electron chi connectivity index (χ1n) is 11.6. The summed E-state index contributed by atoms with van der Waals surface area (Å²) in [5.74, 6) is -1.02. The molecular weight excluding hydrogens is 466 g/mol. The first-order valence-corrected chi connectivity index (χ1v) is 16.1. The molecule has 1 saturated heterocycles. The number of carbonyl (C=O) groups is 1. The van der Waals surface area contributed by atoms with Gasteiger partial charge in [-0.25, -0.2) is 14.8 Å². The molecule has 5 rings (SSSR count). The maximum atomic E-state index is 11.9. The SMILES string of the molecule is C[Si](C)(C)CCOCn1cc(C(=O)O)c2nc(-c3cc4nccc(N5CCCC5)c4s3)cnc21. The van der Waals surface area contributed by atoms with Crippen molar-refractivity contribution in [1.29, 1.82) is 0 Å². The van der Waals surface area contributed by atoms with E-state index in [1.807, 2.05) is 12.3 Å². The molecule has 1 aliphatic heterocycles. The highest BCUT2D eigenvalue weighted by Gasteiger charge is 2.21. The topological polar surface area (TPSA) is 93.4 Å². The smallest absolute Gasteiger partial charge is 0.339 e. The Morgan fingerprint density at radius 3 is 2.76 bits per heavy atom. The molecular formula is C24H29N5O3SSi. The predicted molar refractivity (Wildman–Crippen MR) is 139 cm³/mol. The van der Waals surface area contributed by atoms with Gasteiger partial charge in [-0.3, -0.25) is 4.98 Å². The van der Waals surface area contributed by atoms with Gasteiger partial charge in [0.05, 0.1) is 32.7 Å². The highest BCUT2D eigenvalue weighted by atomic mass is 32.1. The zero-order chi connectivity index (χ0) is 23.9. The summed E-state index contributed by atoms with van der Waals surface area (Å²) in [5, 5.41) is 9.78. The van der Waals surface area contributed by atoms with Crippen LogP contribution < -0.4 is 4.90 Å². The van der Waals surface area contributed by atoms with Gasteiger partial charge < -0.3 is 19.3 Å². The van der Waals surface area contributed by atoms with Crippen molar-refractivity contribution in [3.63, 3.8) is 0 Å². The molecule has 0 aromatic carbocycles. The molecule has 4 aromatic rings. The second-order valence-corrected chi connectivity index (χ2v) is 16.6. The maximum Gasteiger partial charge on any atom is 0.339 e. The van der Waals surface area contributed by atoms with Crippen molar-refractivity contribution in [2.24, 2.45) is 0 Å². The van der Waals surface area contributed by atoms with Gasteiger partial charge in [0, 0.05) is 40.2 Å². The van der Waals surface area contributed by atoms with Crippen molar-refractivity contribution < 1.29 is 14.6 Å². The minimum Gasteiger partial charge on any atom is -0.478 e. The number of hydrogen-bond acceptors (Lipinski definition) is 7. The Hall–Kier alpha value is -2.82. The quantitative estimate of drug-likeness (QED) is 0.261. The molecule has 0 unspecified atom stereocenters. The average molecular weight is 496 g/mol. The lowest BCUT2D eigenvalue weighted by Crippen LogP contribution is -2.22. The molecule has 1 N–H and O–H groups in total. The van der Waals surface area contributed by atoms with Crippen molar-refractivity contribution in [1.82, 2.24) is 19.5 Å². The van der Waals surface area contributed by atoms with E-state index in [1.165, 1.54) is 18.5 Å². The minimum absolute atomic E-state index is 0.134. The lowest BCUT2D eigenvalue weighted by molar-refractivity contribution is 0.0696. The highest BCUT2D eigenvalue weighted by molar-refractivity contribution is 7.22. The normalized spacial score (nSPS) is 14.5. The van der Waals surface area contributed by atoms with Gasteiger partial charge >= 0.3 is 5.97 Å². The second kappa shape index (κ2) is 9.08. The molecule has 0 aliphatic carbocycles. The fourth-order valence-electron chi connectivity index (χ4n) is 4.22. The molecule has 0 radical (unpaired) electrons. The summed E-state index contributed by atoms with van der Waals surface area (Å²) < 4.78 is 8.71. The summed E-state index contributed by atoms with van der Waals surface area (Å²) in [6.07, 6.45) is 7.56. The second-order valence-electron chi connectivity index (χ2n) is 9.94. The molecule has 0 bridgehead atoms. The number of pyridine rings is 1. The third-order valence-corrected chi connectivity index (χ3v) is 8.99. The maximum absolute atomic E-state index is 11.9. The lowest BCUT2D eigenvalue weighted by atomic mass is 10.2. The number of anilines is 1. The molecule has 1 aliphatic rings. The van der Waals surface area contributed by atoms with Crippen LogP contribution in [0.3, 0.4) is 0 Å². The van der Waals surface area contributed by atoms with E-state index >= 15 is 0 Å². The van der Waals surface area contributed by atoms with E-state index in [4.69, 9.17) is 9.72 Å². The first-order chi connectivity index (χ1) is 16.3. The van der Waals surface area contributed by atoms with Crippen LogP contribution in [0.2, 0.25) is 25.7 Å². The number of thiophene rings is 1. The van der Waals surface area contributed by atoms with Crippen LogP contribution >= 0.6 is 11.3 Å². The van der Waals surface area contributed by atoms with Gasteiger partial charge in [-0.1, -0.05) is 19.6 Å². The number of ether oxygens (including phenoxy) is 1. The van der Waals surface area contributed by atoms with Gasteiger partial charge in [0.15, 0.2) is 5.65 Å². The molecule has 1 fully saturated rings. The van der Waals surface area contributed by atoms with Gasteiger partial charge in [-0.05, 0) is 31.0 Å². The number of nitrogens with zero attached hydrogens (tertiary/aromatic N) is 5. The Bertz CT molecular complexity index is 1350. The standard InChI is InChI=1S/C24H29N5O3SSi/c1-34(2,3)11-10-32-15-29-14-16(24(30)31)21-23(29)26-13-18(27-21)20-12-17-22(33-20)19(6-7-25-17)28-8-4-5-9-28/h6-7,12-14H,4-5,8-11,15H2,1-3H3,(H,30,31). The Morgan fingerprint density at radius 1 is 1.24 bits per heavy atom. The first kappa shape index (κ1) is 22.9. The molecule has 0 atom stereocenters. The van der Waals surface area contributed by atoms with Gasteiger partial charge in [0.2, 0.25) is 0 Å². The van der Waals surface area contributed by atoms with E-state index in [0.29, 0.717) is 23.5 Å². The summed E-state index contributed by atoms with van der Waals surface area (Å²) in [4.78, 5) is 29.2. The number of carboxylic acids is 1. The Morgan fingerprint density at radius 2 is 2.03 bits per heavy atom. The van der Waals surface area contributed by atoms with Crippen LogP contribution in [-0.2, 0) is 11.5 Å². The van der Waals surface area contributed by atoms with Crippen molar-refractivity contribution in [2.45, 2.75) is 45.3 Å². The van der Waals surface area contributed by atoms with E-state index in [9.17, 15) is 9.90 Å². The van der Waals surface area contributed by atoms with Crippen LogP contribution in [0.15, 0.2) is 30.7 Å². The third kappa shape index (κ3) is 4.57. The van der Waals surface area contributed by atoms with Crippen molar-refractivity contribution in [3.05, 3.63) is 36.3 Å². The van der Waals surface area contributed by atoms with Gasteiger partial charge in [0.1, 0.15) is 17.8 Å². The number of aromatic nitrogens is 4. The van der Waals surface area contributed by atoms with Crippen LogP contribution in [0.1, 0.15) is 23.2 Å². The summed E-state index contributed by atoms with van der Waals surface area (Å²) in [5.41, 5.74) is 3.83. The fraction of sp³-hybridized carbons (Fsp3) is 0.417. The minimum atomic E-state index is -1.20. The molecule has 8 nitrogen and oxygen atoms in total. The molecule has 0 spiro atoms. The summed E-state index contributed by atoms with van der Waals surface area (Å²) in [6.45, 7) is 9.94. The molecule has 10 heteroatoms. The number of rotatable bonds is 8. The Balaban J connectivity index is 1.48. The fourth-order valence-corrected chi connectivity index (χ4v) is 6.09. The Kier molecular flexibility index (Phi) is 6.13. The van der Waals surface area contributed by atoms with Crippen molar-refractivity contribution >= 4 is 52.4 Å². The van der Waals surface area contributed by atoms with Crippen LogP contribution in [0.5, 0.6) is 0 Å². The zero-order valence-electron chi connectivity index (χ0n) is 19.7. The van der Waals surface area contributed by atoms with Gasteiger partial charge in [-0.2, -0.15) is 0 Å². The van der Waals surface area contributed by atoms with Crippen LogP contribution in [0.25, 0.3) is 32.0 Å². The van der Waals surface area contributed by atoms with Crippen LogP contribution in [0, 0.1) is 0 Å². The van der Waals surface area contributed by atoms with Crippen molar-refractivity contribution in [3.8, 4) is 10.6 Å². The zero-order valence-corrected chi connectivity index (χ0v) is 21.6.